The number of nitrogens with zero attached hydrogens (tertiary/aromatic N) is 1. The zero-order valence-electron chi connectivity index (χ0n) is 12.5. The van der Waals surface area contributed by atoms with Crippen molar-refractivity contribution >= 4 is 29.6 Å². The summed E-state index contributed by atoms with van der Waals surface area (Å²) in [7, 11) is 0. The number of hydrogen-bond donors (Lipinski definition) is 1. The summed E-state index contributed by atoms with van der Waals surface area (Å²) in [5, 5.41) is 9.45. The van der Waals surface area contributed by atoms with E-state index in [2.05, 4.69) is 0 Å². The maximum atomic E-state index is 12.1. The van der Waals surface area contributed by atoms with Crippen LogP contribution in [0.15, 0.2) is 24.3 Å². The first-order valence-electron chi connectivity index (χ1n) is 6.81. The molecule has 21 heavy (non-hydrogen) atoms. The molecule has 1 amide bonds. The van der Waals surface area contributed by atoms with Gasteiger partial charge in [-0.2, -0.15) is 0 Å². The van der Waals surface area contributed by atoms with Crippen LogP contribution in [0, 0.1) is 6.92 Å². The monoisotopic (exact) mass is 309 g/mol. The molecule has 1 unspecified atom stereocenters. The second kappa shape index (κ2) is 7.84. The first-order chi connectivity index (χ1) is 9.85. The fraction of sp³-hybridized carbons (Fsp3) is 0.375. The Balaban J connectivity index is 2.79. The fourth-order valence-corrected chi connectivity index (χ4v) is 2.21. The van der Waals surface area contributed by atoms with Gasteiger partial charge in [-0.15, -0.1) is 0 Å². The van der Waals surface area contributed by atoms with Crippen LogP contribution in [-0.2, 0) is 9.59 Å². The summed E-state index contributed by atoms with van der Waals surface area (Å²) in [6.45, 7) is 5.93. The van der Waals surface area contributed by atoms with E-state index >= 15 is 0 Å². The van der Waals surface area contributed by atoms with E-state index in [0.29, 0.717) is 11.6 Å². The number of aliphatic carboxylic acids is 1. The number of carbonyl (C=O) groups is 2. The van der Waals surface area contributed by atoms with Gasteiger partial charge in [-0.3, -0.25) is 9.59 Å². The maximum Gasteiger partial charge on any atom is 0.305 e. The topological polar surface area (TPSA) is 57.6 Å². The Morgan fingerprint density at radius 1 is 1.43 bits per heavy atom. The minimum Gasteiger partial charge on any atom is -0.481 e. The lowest BCUT2D eigenvalue weighted by Gasteiger charge is -2.25. The molecule has 0 spiro atoms. The summed E-state index contributed by atoms with van der Waals surface area (Å²) in [6.07, 6.45) is 3.07. The number of rotatable bonds is 6. The summed E-state index contributed by atoms with van der Waals surface area (Å²) in [5.74, 6) is -1.12. The molecule has 0 saturated carbocycles. The van der Waals surface area contributed by atoms with Crippen LogP contribution < -0.4 is 0 Å². The molecule has 1 aromatic carbocycles. The van der Waals surface area contributed by atoms with E-state index in [1.54, 1.807) is 19.1 Å². The van der Waals surface area contributed by atoms with Crippen molar-refractivity contribution < 1.29 is 14.7 Å². The molecule has 0 aliphatic heterocycles. The average molecular weight is 310 g/mol. The highest BCUT2D eigenvalue weighted by atomic mass is 35.5. The second-order valence-corrected chi connectivity index (χ2v) is 5.32. The Hall–Kier alpha value is -1.81. The van der Waals surface area contributed by atoms with Crippen LogP contribution in [0.1, 0.15) is 31.4 Å². The predicted octanol–water partition coefficient (Wildman–Crippen LogP) is 3.37. The van der Waals surface area contributed by atoms with Gasteiger partial charge in [0.2, 0.25) is 5.91 Å². The summed E-state index contributed by atoms with van der Waals surface area (Å²) < 4.78 is 0. The molecule has 0 fully saturated rings. The molecule has 114 valence electrons. The molecule has 0 radical (unpaired) electrons. The molecule has 0 heterocycles. The minimum atomic E-state index is -0.914. The molecule has 0 aliphatic carbocycles. The first-order valence-corrected chi connectivity index (χ1v) is 7.19. The highest BCUT2D eigenvalue weighted by Gasteiger charge is 2.18. The lowest BCUT2D eigenvalue weighted by Crippen LogP contribution is -2.38. The molecule has 4 nitrogen and oxygen atoms in total. The maximum absolute atomic E-state index is 12.1. The Morgan fingerprint density at radius 2 is 2.10 bits per heavy atom. The SMILES string of the molecule is CCN(C(=O)C=Cc1ccc(C)c(Cl)c1)C(C)CC(=O)O. The Bertz CT molecular complexity index is 554. The van der Waals surface area contributed by atoms with E-state index in [0.717, 1.165) is 11.1 Å². The lowest BCUT2D eigenvalue weighted by atomic mass is 10.1. The van der Waals surface area contributed by atoms with Crippen molar-refractivity contribution in [3.8, 4) is 0 Å². The molecular weight excluding hydrogens is 290 g/mol. The molecule has 0 aromatic heterocycles. The average Bonchev–Trinajstić information content (AvgIpc) is 2.40. The normalized spacial score (nSPS) is 12.4. The van der Waals surface area contributed by atoms with Crippen LogP contribution >= 0.6 is 11.6 Å². The van der Waals surface area contributed by atoms with Gasteiger partial charge in [0.1, 0.15) is 0 Å². The van der Waals surface area contributed by atoms with Crippen molar-refractivity contribution in [3.05, 3.63) is 40.4 Å². The molecule has 5 heteroatoms. The number of carboxylic acid groups (broad SMARTS) is 1. The second-order valence-electron chi connectivity index (χ2n) is 4.91. The molecule has 0 bridgehead atoms. The number of likely N-dealkylation sites (N-methyl/N-ethyl adjacent to an activating group) is 1. The van der Waals surface area contributed by atoms with Crippen molar-refractivity contribution in [2.24, 2.45) is 0 Å². The van der Waals surface area contributed by atoms with Crippen molar-refractivity contribution in [1.82, 2.24) is 4.90 Å². The number of amides is 1. The predicted molar refractivity (Wildman–Crippen MR) is 84.3 cm³/mol. The third-order valence-corrected chi connectivity index (χ3v) is 3.65. The van der Waals surface area contributed by atoms with E-state index in [1.807, 2.05) is 26.0 Å². The first kappa shape index (κ1) is 17.2. The number of aryl methyl sites for hydroxylation is 1. The number of hydrogen-bond acceptors (Lipinski definition) is 2. The Labute approximate surface area is 130 Å². The van der Waals surface area contributed by atoms with E-state index in [1.165, 1.54) is 11.0 Å². The minimum absolute atomic E-state index is 0.0657. The van der Waals surface area contributed by atoms with Gasteiger partial charge < -0.3 is 10.0 Å². The van der Waals surface area contributed by atoms with Crippen LogP contribution in [0.2, 0.25) is 5.02 Å². The van der Waals surface area contributed by atoms with Crippen molar-refractivity contribution in [2.45, 2.75) is 33.2 Å². The fourth-order valence-electron chi connectivity index (χ4n) is 2.02. The van der Waals surface area contributed by atoms with Gasteiger partial charge >= 0.3 is 5.97 Å². The summed E-state index contributed by atoms with van der Waals surface area (Å²) in [5.41, 5.74) is 1.81. The Kier molecular flexibility index (Phi) is 6.43. The largest absolute Gasteiger partial charge is 0.481 e. The van der Waals surface area contributed by atoms with Crippen LogP contribution in [0.3, 0.4) is 0 Å². The van der Waals surface area contributed by atoms with Crippen LogP contribution in [0.4, 0.5) is 0 Å². The summed E-state index contributed by atoms with van der Waals surface area (Å²) in [4.78, 5) is 24.4. The highest BCUT2D eigenvalue weighted by molar-refractivity contribution is 6.31. The zero-order valence-corrected chi connectivity index (χ0v) is 13.2. The smallest absolute Gasteiger partial charge is 0.305 e. The molecule has 1 N–H and O–H groups in total. The molecule has 1 atom stereocenters. The Morgan fingerprint density at radius 3 is 2.62 bits per heavy atom. The number of benzene rings is 1. The van der Waals surface area contributed by atoms with Gasteiger partial charge in [-0.25, -0.2) is 0 Å². The molecule has 0 aliphatic rings. The lowest BCUT2D eigenvalue weighted by molar-refractivity contribution is -0.139. The third kappa shape index (κ3) is 5.23. The van der Waals surface area contributed by atoms with Crippen LogP contribution in [-0.4, -0.2) is 34.5 Å². The quantitative estimate of drug-likeness (QED) is 0.820. The van der Waals surface area contributed by atoms with Gasteiger partial charge in [-0.05, 0) is 44.0 Å². The highest BCUT2D eigenvalue weighted by Crippen LogP contribution is 2.17. The number of carbonyl (C=O) groups excluding carboxylic acids is 1. The molecule has 0 saturated heterocycles. The molecular formula is C16H20ClNO3. The van der Waals surface area contributed by atoms with E-state index in [4.69, 9.17) is 16.7 Å². The van der Waals surface area contributed by atoms with E-state index in [-0.39, 0.29) is 18.4 Å². The summed E-state index contributed by atoms with van der Waals surface area (Å²) in [6, 6.07) is 5.21. The van der Waals surface area contributed by atoms with E-state index in [9.17, 15) is 9.59 Å². The van der Waals surface area contributed by atoms with E-state index < -0.39 is 5.97 Å². The van der Waals surface area contributed by atoms with Crippen LogP contribution in [0.5, 0.6) is 0 Å². The van der Waals surface area contributed by atoms with Gasteiger partial charge in [0, 0.05) is 23.7 Å². The van der Waals surface area contributed by atoms with Crippen LogP contribution in [0.25, 0.3) is 6.08 Å². The van der Waals surface area contributed by atoms with Crippen molar-refractivity contribution in [1.29, 1.82) is 0 Å². The molecule has 1 aromatic rings. The standard InChI is InChI=1S/C16H20ClNO3/c1-4-18(12(3)9-16(20)21)15(19)8-7-13-6-5-11(2)14(17)10-13/h5-8,10,12H,4,9H2,1-3H3,(H,20,21). The van der Waals surface area contributed by atoms with Gasteiger partial charge in [0.25, 0.3) is 0 Å². The molecule has 1 rings (SSSR count). The zero-order chi connectivity index (χ0) is 16.0. The van der Waals surface area contributed by atoms with Gasteiger partial charge in [0.15, 0.2) is 0 Å². The summed E-state index contributed by atoms with van der Waals surface area (Å²) >= 11 is 6.03. The van der Waals surface area contributed by atoms with Gasteiger partial charge in [0.05, 0.1) is 6.42 Å². The number of halogens is 1. The van der Waals surface area contributed by atoms with Crippen molar-refractivity contribution in [2.75, 3.05) is 6.54 Å². The number of carboxylic acids is 1. The third-order valence-electron chi connectivity index (χ3n) is 3.24. The van der Waals surface area contributed by atoms with Gasteiger partial charge in [-0.1, -0.05) is 23.7 Å². The van der Waals surface area contributed by atoms with Crippen molar-refractivity contribution in [3.63, 3.8) is 0 Å².